The van der Waals surface area contributed by atoms with Gasteiger partial charge >= 0.3 is 0 Å². The highest BCUT2D eigenvalue weighted by molar-refractivity contribution is 8.00. The lowest BCUT2D eigenvalue weighted by atomic mass is 9.88. The van der Waals surface area contributed by atoms with Gasteiger partial charge in [-0.25, -0.2) is 9.97 Å². The Labute approximate surface area is 119 Å². The SMILES string of the molecule is CCOc1cc(NCC2(SC)CCCCC2)ncn1. The van der Waals surface area contributed by atoms with E-state index in [4.69, 9.17) is 4.74 Å². The molecule has 1 saturated carbocycles. The van der Waals surface area contributed by atoms with E-state index in [1.54, 1.807) is 6.33 Å². The van der Waals surface area contributed by atoms with Crippen molar-refractivity contribution in [2.24, 2.45) is 0 Å². The molecule has 0 bridgehead atoms. The van der Waals surface area contributed by atoms with Crippen LogP contribution in [0.25, 0.3) is 0 Å². The van der Waals surface area contributed by atoms with Crippen LogP contribution in [0.4, 0.5) is 5.82 Å². The fourth-order valence-electron chi connectivity index (χ4n) is 2.56. The van der Waals surface area contributed by atoms with Gasteiger partial charge in [-0.05, 0) is 26.0 Å². The monoisotopic (exact) mass is 281 g/mol. The van der Waals surface area contributed by atoms with Crippen molar-refractivity contribution in [1.29, 1.82) is 0 Å². The largest absolute Gasteiger partial charge is 0.478 e. The Morgan fingerprint density at radius 3 is 2.79 bits per heavy atom. The lowest BCUT2D eigenvalue weighted by Gasteiger charge is -2.36. The van der Waals surface area contributed by atoms with Crippen molar-refractivity contribution in [1.82, 2.24) is 9.97 Å². The molecule has 1 N–H and O–H groups in total. The molecule has 1 heterocycles. The molecule has 0 radical (unpaired) electrons. The number of anilines is 1. The number of ether oxygens (including phenoxy) is 1. The molecule has 0 aliphatic heterocycles. The summed E-state index contributed by atoms with van der Waals surface area (Å²) in [6.45, 7) is 3.56. The van der Waals surface area contributed by atoms with Crippen LogP contribution >= 0.6 is 11.8 Å². The number of hydrogen-bond acceptors (Lipinski definition) is 5. The predicted molar refractivity (Wildman–Crippen MR) is 81.0 cm³/mol. The van der Waals surface area contributed by atoms with Crippen molar-refractivity contribution in [3.8, 4) is 5.88 Å². The van der Waals surface area contributed by atoms with Crippen molar-refractivity contribution in [2.75, 3.05) is 24.7 Å². The Balaban J connectivity index is 1.94. The zero-order valence-electron chi connectivity index (χ0n) is 11.8. The van der Waals surface area contributed by atoms with Gasteiger partial charge in [0.1, 0.15) is 12.1 Å². The van der Waals surface area contributed by atoms with Crippen LogP contribution in [-0.2, 0) is 0 Å². The van der Waals surface area contributed by atoms with Gasteiger partial charge in [-0.1, -0.05) is 19.3 Å². The molecule has 0 atom stereocenters. The summed E-state index contributed by atoms with van der Waals surface area (Å²) >= 11 is 1.99. The highest BCUT2D eigenvalue weighted by Gasteiger charge is 2.30. The van der Waals surface area contributed by atoms with Gasteiger partial charge < -0.3 is 10.1 Å². The van der Waals surface area contributed by atoms with Gasteiger partial charge in [-0.15, -0.1) is 0 Å². The minimum atomic E-state index is 0.370. The van der Waals surface area contributed by atoms with E-state index in [0.29, 0.717) is 17.2 Å². The number of nitrogens with zero attached hydrogens (tertiary/aromatic N) is 2. The van der Waals surface area contributed by atoms with Gasteiger partial charge in [0.05, 0.1) is 6.61 Å². The molecule has 0 amide bonds. The third kappa shape index (κ3) is 4.00. The zero-order valence-corrected chi connectivity index (χ0v) is 12.6. The Morgan fingerprint density at radius 1 is 1.32 bits per heavy atom. The fraction of sp³-hybridized carbons (Fsp3) is 0.714. The van der Waals surface area contributed by atoms with E-state index in [1.807, 2.05) is 24.8 Å². The Morgan fingerprint density at radius 2 is 2.11 bits per heavy atom. The molecule has 19 heavy (non-hydrogen) atoms. The lowest BCUT2D eigenvalue weighted by molar-refractivity contribution is 0.326. The van der Waals surface area contributed by atoms with E-state index in [0.717, 1.165) is 12.4 Å². The lowest BCUT2D eigenvalue weighted by Crippen LogP contribution is -2.35. The Bertz CT molecular complexity index is 394. The molecule has 0 aromatic carbocycles. The van der Waals surface area contributed by atoms with Gasteiger partial charge in [0.15, 0.2) is 0 Å². The third-order valence-corrected chi connectivity index (χ3v) is 5.14. The molecule has 0 saturated heterocycles. The van der Waals surface area contributed by atoms with Crippen LogP contribution in [0.15, 0.2) is 12.4 Å². The summed E-state index contributed by atoms with van der Waals surface area (Å²) in [5.41, 5.74) is 0. The van der Waals surface area contributed by atoms with Crippen LogP contribution in [0.3, 0.4) is 0 Å². The maximum atomic E-state index is 5.39. The van der Waals surface area contributed by atoms with E-state index in [1.165, 1.54) is 32.1 Å². The van der Waals surface area contributed by atoms with Crippen molar-refractivity contribution < 1.29 is 4.74 Å². The average Bonchev–Trinajstić information content (AvgIpc) is 2.47. The van der Waals surface area contributed by atoms with Crippen molar-refractivity contribution >= 4 is 17.6 Å². The smallest absolute Gasteiger partial charge is 0.218 e. The highest BCUT2D eigenvalue weighted by atomic mass is 32.2. The van der Waals surface area contributed by atoms with Gasteiger partial charge in [-0.2, -0.15) is 11.8 Å². The molecule has 0 unspecified atom stereocenters. The first-order chi connectivity index (χ1) is 9.28. The first kappa shape index (κ1) is 14.4. The second-order valence-corrected chi connectivity index (χ2v) is 6.25. The van der Waals surface area contributed by atoms with Crippen LogP contribution in [-0.4, -0.2) is 34.1 Å². The van der Waals surface area contributed by atoms with Crippen LogP contribution < -0.4 is 10.1 Å². The molecule has 1 aromatic rings. The number of aromatic nitrogens is 2. The second-order valence-electron chi connectivity index (χ2n) is 4.98. The van der Waals surface area contributed by atoms with Gasteiger partial charge in [0, 0.05) is 17.4 Å². The minimum absolute atomic E-state index is 0.370. The molecule has 1 fully saturated rings. The third-order valence-electron chi connectivity index (χ3n) is 3.72. The zero-order chi connectivity index (χ0) is 13.6. The number of hydrogen-bond donors (Lipinski definition) is 1. The maximum Gasteiger partial charge on any atom is 0.218 e. The first-order valence-corrected chi connectivity index (χ1v) is 8.24. The van der Waals surface area contributed by atoms with Crippen LogP contribution in [0.5, 0.6) is 5.88 Å². The Kier molecular flexibility index (Phi) is 5.31. The quantitative estimate of drug-likeness (QED) is 0.866. The molecule has 4 nitrogen and oxygen atoms in total. The summed E-state index contributed by atoms with van der Waals surface area (Å²) in [7, 11) is 0. The van der Waals surface area contributed by atoms with Crippen molar-refractivity contribution in [2.45, 2.75) is 43.8 Å². The minimum Gasteiger partial charge on any atom is -0.478 e. The van der Waals surface area contributed by atoms with Crippen molar-refractivity contribution in [3.63, 3.8) is 0 Å². The summed E-state index contributed by atoms with van der Waals surface area (Å²) in [4.78, 5) is 8.34. The summed E-state index contributed by atoms with van der Waals surface area (Å²) in [5.74, 6) is 1.50. The molecule has 1 aromatic heterocycles. The maximum absolute atomic E-state index is 5.39. The normalized spacial score (nSPS) is 18.0. The van der Waals surface area contributed by atoms with E-state index < -0.39 is 0 Å². The summed E-state index contributed by atoms with van der Waals surface area (Å²) < 4.78 is 5.76. The summed E-state index contributed by atoms with van der Waals surface area (Å²) in [6.07, 6.45) is 10.4. The number of rotatable bonds is 6. The van der Waals surface area contributed by atoms with Gasteiger partial charge in [-0.3, -0.25) is 0 Å². The molecule has 1 aliphatic carbocycles. The highest BCUT2D eigenvalue weighted by Crippen LogP contribution is 2.38. The van der Waals surface area contributed by atoms with E-state index in [-0.39, 0.29) is 0 Å². The number of nitrogens with one attached hydrogen (secondary N) is 1. The Hall–Kier alpha value is -0.970. The van der Waals surface area contributed by atoms with Gasteiger partial charge in [0.25, 0.3) is 0 Å². The van der Waals surface area contributed by atoms with Gasteiger partial charge in [0.2, 0.25) is 5.88 Å². The summed E-state index contributed by atoms with van der Waals surface area (Å²) in [5, 5.41) is 3.45. The number of thioether (sulfide) groups is 1. The first-order valence-electron chi connectivity index (χ1n) is 7.02. The molecule has 5 heteroatoms. The topological polar surface area (TPSA) is 47.0 Å². The molecule has 2 rings (SSSR count). The molecular formula is C14H23N3OS. The molecule has 1 aliphatic rings. The van der Waals surface area contributed by atoms with E-state index in [9.17, 15) is 0 Å². The fourth-order valence-corrected chi connectivity index (χ4v) is 3.48. The van der Waals surface area contributed by atoms with Crippen molar-refractivity contribution in [3.05, 3.63) is 12.4 Å². The average molecular weight is 281 g/mol. The molecular weight excluding hydrogens is 258 g/mol. The van der Waals surface area contributed by atoms with Crippen LogP contribution in [0.1, 0.15) is 39.0 Å². The predicted octanol–water partition coefficient (Wildman–Crippen LogP) is 3.35. The van der Waals surface area contributed by atoms with E-state index in [2.05, 4.69) is 21.5 Å². The van der Waals surface area contributed by atoms with Crippen LogP contribution in [0, 0.1) is 0 Å². The molecule has 106 valence electrons. The standard InChI is InChI=1S/C14H23N3OS/c1-3-18-13-9-12(16-11-17-13)15-10-14(19-2)7-5-4-6-8-14/h9,11H,3-8,10H2,1-2H3,(H,15,16,17). The summed E-state index contributed by atoms with van der Waals surface area (Å²) in [6, 6.07) is 1.88. The second kappa shape index (κ2) is 6.98. The molecule has 0 spiro atoms. The van der Waals surface area contributed by atoms with Crippen LogP contribution in [0.2, 0.25) is 0 Å². The van der Waals surface area contributed by atoms with E-state index >= 15 is 0 Å².